The van der Waals surface area contributed by atoms with Crippen LogP contribution >= 0.6 is 0 Å². The third-order valence-corrected chi connectivity index (χ3v) is 3.93. The van der Waals surface area contributed by atoms with Crippen molar-refractivity contribution in [2.45, 2.75) is 38.3 Å². The molecule has 0 aromatic heterocycles. The molecule has 0 atom stereocenters. The van der Waals surface area contributed by atoms with E-state index in [1.165, 1.54) is 5.56 Å². The van der Waals surface area contributed by atoms with E-state index in [1.54, 1.807) is 0 Å². The fraction of sp³-hybridized carbons (Fsp3) is 0.533. The average molecular weight is 228 g/mol. The minimum atomic E-state index is -0.0623. The van der Waals surface area contributed by atoms with Gasteiger partial charge in [0.1, 0.15) is 0 Å². The Bertz CT molecular complexity index is 383. The molecule has 1 fully saturated rings. The summed E-state index contributed by atoms with van der Waals surface area (Å²) in [5.41, 5.74) is 1.31. The summed E-state index contributed by atoms with van der Waals surface area (Å²) in [5.74, 6) is 0. The van der Waals surface area contributed by atoms with Gasteiger partial charge in [-0.2, -0.15) is 0 Å². The molecular weight excluding hydrogens is 208 g/mol. The molecule has 0 bridgehead atoms. The fourth-order valence-corrected chi connectivity index (χ4v) is 2.51. The Labute approximate surface area is 104 Å². The maximum absolute atomic E-state index is 7.34. The first-order chi connectivity index (χ1) is 8.28. The van der Waals surface area contributed by atoms with E-state index in [0.717, 1.165) is 38.9 Å². The average Bonchev–Trinajstić information content (AvgIpc) is 2.41. The normalized spacial score (nSPS) is 19.8. The molecule has 0 unspecified atom stereocenters. The molecule has 1 aliphatic rings. The quantitative estimate of drug-likeness (QED) is 0.720. The molecule has 2 heteroatoms. The van der Waals surface area contributed by atoms with Crippen LogP contribution in [-0.2, 0) is 6.54 Å². The minimum Gasteiger partial charge on any atom is -0.310 e. The number of likely N-dealkylation sites (tertiary alicyclic amines) is 1. The maximum Gasteiger partial charge on any atom is 0.234 e. The van der Waals surface area contributed by atoms with Gasteiger partial charge in [0.15, 0.2) is 0 Å². The summed E-state index contributed by atoms with van der Waals surface area (Å²) in [6.07, 6.45) is 3.05. The molecule has 1 heterocycles. The van der Waals surface area contributed by atoms with E-state index in [4.69, 9.17) is 6.57 Å². The largest absolute Gasteiger partial charge is 0.310 e. The molecular formula is C15H20N2. The van der Waals surface area contributed by atoms with Crippen molar-refractivity contribution < 1.29 is 0 Å². The van der Waals surface area contributed by atoms with Crippen molar-refractivity contribution >= 4 is 0 Å². The van der Waals surface area contributed by atoms with E-state index in [-0.39, 0.29) is 5.54 Å². The molecule has 2 nitrogen and oxygen atoms in total. The molecule has 1 aliphatic heterocycles. The van der Waals surface area contributed by atoms with Gasteiger partial charge in [-0.1, -0.05) is 37.3 Å². The Kier molecular flexibility index (Phi) is 3.81. The molecule has 1 aromatic carbocycles. The minimum absolute atomic E-state index is 0.0623. The van der Waals surface area contributed by atoms with Crippen LogP contribution in [0.3, 0.4) is 0 Å². The molecule has 17 heavy (non-hydrogen) atoms. The topological polar surface area (TPSA) is 7.60 Å². The summed E-state index contributed by atoms with van der Waals surface area (Å²) in [4.78, 5) is 6.33. The van der Waals surface area contributed by atoms with Gasteiger partial charge in [0, 0.05) is 38.9 Å². The second kappa shape index (κ2) is 5.33. The van der Waals surface area contributed by atoms with Crippen LogP contribution in [0, 0.1) is 6.57 Å². The van der Waals surface area contributed by atoms with E-state index >= 15 is 0 Å². The summed E-state index contributed by atoms with van der Waals surface area (Å²) in [6.45, 7) is 12.6. The Morgan fingerprint density at radius 1 is 1.24 bits per heavy atom. The summed E-state index contributed by atoms with van der Waals surface area (Å²) in [6, 6.07) is 10.6. The molecule has 0 N–H and O–H groups in total. The lowest BCUT2D eigenvalue weighted by Gasteiger charge is -2.33. The molecule has 0 spiro atoms. The molecule has 0 aliphatic carbocycles. The maximum atomic E-state index is 7.34. The van der Waals surface area contributed by atoms with Gasteiger partial charge in [-0.15, -0.1) is 0 Å². The van der Waals surface area contributed by atoms with Crippen LogP contribution in [-0.4, -0.2) is 23.5 Å². The number of nitrogens with zero attached hydrogens (tertiary/aromatic N) is 2. The summed E-state index contributed by atoms with van der Waals surface area (Å²) in [5, 5.41) is 0. The highest BCUT2D eigenvalue weighted by molar-refractivity contribution is 5.14. The Morgan fingerprint density at radius 3 is 2.41 bits per heavy atom. The van der Waals surface area contributed by atoms with Gasteiger partial charge in [-0.05, 0) is 5.56 Å². The van der Waals surface area contributed by atoms with Crippen molar-refractivity contribution in [1.82, 2.24) is 4.90 Å². The third-order valence-electron chi connectivity index (χ3n) is 3.93. The van der Waals surface area contributed by atoms with Crippen molar-refractivity contribution in [3.63, 3.8) is 0 Å². The lowest BCUT2D eigenvalue weighted by atomic mass is 9.86. The number of rotatable bonds is 3. The fourth-order valence-electron chi connectivity index (χ4n) is 2.51. The van der Waals surface area contributed by atoms with Crippen molar-refractivity contribution in [2.24, 2.45) is 0 Å². The second-order valence-electron chi connectivity index (χ2n) is 4.95. The third kappa shape index (κ3) is 2.87. The van der Waals surface area contributed by atoms with Gasteiger partial charge in [-0.3, -0.25) is 4.90 Å². The first kappa shape index (κ1) is 12.1. The highest BCUT2D eigenvalue weighted by atomic mass is 15.1. The highest BCUT2D eigenvalue weighted by Gasteiger charge is 2.38. The molecule has 1 aromatic rings. The zero-order chi connectivity index (χ0) is 12.1. The highest BCUT2D eigenvalue weighted by Crippen LogP contribution is 2.30. The van der Waals surface area contributed by atoms with Gasteiger partial charge < -0.3 is 4.85 Å². The molecule has 1 saturated heterocycles. The van der Waals surface area contributed by atoms with Crippen LogP contribution in [0.15, 0.2) is 30.3 Å². The van der Waals surface area contributed by atoms with Crippen molar-refractivity contribution in [1.29, 1.82) is 0 Å². The van der Waals surface area contributed by atoms with Crippen molar-refractivity contribution in [3.8, 4) is 0 Å². The van der Waals surface area contributed by atoms with Gasteiger partial charge in [0.05, 0.1) is 0 Å². The standard InChI is InChI=1S/C15H20N2/c1-3-15(16-2)9-11-17(12-10-15)13-14-7-5-4-6-8-14/h4-8H,3,9-13H2,1H3. The van der Waals surface area contributed by atoms with E-state index in [9.17, 15) is 0 Å². The summed E-state index contributed by atoms with van der Waals surface area (Å²) < 4.78 is 0. The van der Waals surface area contributed by atoms with E-state index in [2.05, 4.69) is 47.0 Å². The van der Waals surface area contributed by atoms with Crippen LogP contribution in [0.1, 0.15) is 31.7 Å². The van der Waals surface area contributed by atoms with E-state index in [0.29, 0.717) is 0 Å². The SMILES string of the molecule is [C-]#[N+]C1(CC)CCN(Cc2ccccc2)CC1. The Balaban J connectivity index is 1.90. The van der Waals surface area contributed by atoms with Gasteiger partial charge in [0.25, 0.3) is 0 Å². The predicted molar refractivity (Wildman–Crippen MR) is 70.6 cm³/mol. The van der Waals surface area contributed by atoms with Gasteiger partial charge in [-0.25, -0.2) is 6.57 Å². The number of hydrogen-bond acceptors (Lipinski definition) is 1. The van der Waals surface area contributed by atoms with Crippen LogP contribution in [0.2, 0.25) is 0 Å². The summed E-state index contributed by atoms with van der Waals surface area (Å²) in [7, 11) is 0. The predicted octanol–water partition coefficient (Wildman–Crippen LogP) is 3.35. The van der Waals surface area contributed by atoms with E-state index in [1.807, 2.05) is 0 Å². The Hall–Kier alpha value is -1.33. The first-order valence-corrected chi connectivity index (χ1v) is 6.43. The number of benzene rings is 1. The number of piperidine rings is 1. The second-order valence-corrected chi connectivity index (χ2v) is 4.95. The lowest BCUT2D eigenvalue weighted by molar-refractivity contribution is 0.172. The number of hydrogen-bond donors (Lipinski definition) is 0. The molecule has 90 valence electrons. The monoisotopic (exact) mass is 228 g/mol. The first-order valence-electron chi connectivity index (χ1n) is 6.43. The van der Waals surface area contributed by atoms with Crippen LogP contribution in [0.5, 0.6) is 0 Å². The Morgan fingerprint density at radius 2 is 1.88 bits per heavy atom. The zero-order valence-corrected chi connectivity index (χ0v) is 10.5. The van der Waals surface area contributed by atoms with E-state index < -0.39 is 0 Å². The van der Waals surface area contributed by atoms with Gasteiger partial charge >= 0.3 is 0 Å². The smallest absolute Gasteiger partial charge is 0.234 e. The molecule has 0 saturated carbocycles. The molecule has 2 rings (SSSR count). The van der Waals surface area contributed by atoms with Crippen LogP contribution < -0.4 is 0 Å². The summed E-state index contributed by atoms with van der Waals surface area (Å²) >= 11 is 0. The molecule has 0 radical (unpaired) electrons. The van der Waals surface area contributed by atoms with Crippen molar-refractivity contribution in [2.75, 3.05) is 13.1 Å². The van der Waals surface area contributed by atoms with Gasteiger partial charge in [0.2, 0.25) is 5.54 Å². The van der Waals surface area contributed by atoms with Crippen LogP contribution in [0.25, 0.3) is 4.85 Å². The lowest BCUT2D eigenvalue weighted by Crippen LogP contribution is -2.41. The molecule has 0 amide bonds. The zero-order valence-electron chi connectivity index (χ0n) is 10.5. The van der Waals surface area contributed by atoms with Crippen LogP contribution in [0.4, 0.5) is 0 Å². The van der Waals surface area contributed by atoms with Crippen molar-refractivity contribution in [3.05, 3.63) is 47.3 Å².